The van der Waals surface area contributed by atoms with Crippen LogP contribution in [-0.4, -0.2) is 19.8 Å². The Morgan fingerprint density at radius 3 is 2.46 bits per heavy atom. The molecule has 0 aromatic heterocycles. The summed E-state index contributed by atoms with van der Waals surface area (Å²) >= 11 is 0. The number of nitrogens with one attached hydrogen (secondary N) is 1. The Kier molecular flexibility index (Phi) is 5.70. The molecule has 0 aliphatic rings. The first kappa shape index (κ1) is 16.3. The molecule has 0 atom stereocenters. The van der Waals surface area contributed by atoms with Gasteiger partial charge in [-0.15, -0.1) is 0 Å². The topological polar surface area (TPSA) is 30.5 Å². The third kappa shape index (κ3) is 4.27. The second kappa shape index (κ2) is 8.37. The molecule has 0 saturated heterocycles. The Morgan fingerprint density at radius 2 is 1.62 bits per heavy atom. The molecular formula is C21H23NO2. The molecule has 0 unspecified atom stereocenters. The lowest BCUT2D eigenvalue weighted by molar-refractivity contribution is 0.110. The van der Waals surface area contributed by atoms with Gasteiger partial charge in [0.05, 0.1) is 6.61 Å². The van der Waals surface area contributed by atoms with E-state index in [9.17, 15) is 0 Å². The van der Waals surface area contributed by atoms with Crippen molar-refractivity contribution in [1.82, 2.24) is 0 Å². The van der Waals surface area contributed by atoms with Crippen LogP contribution in [-0.2, 0) is 11.3 Å². The highest BCUT2D eigenvalue weighted by Crippen LogP contribution is 2.23. The third-order valence-corrected chi connectivity index (χ3v) is 3.90. The maximum atomic E-state index is 5.64. The van der Waals surface area contributed by atoms with E-state index >= 15 is 0 Å². The minimum atomic E-state index is 0.585. The first-order chi connectivity index (χ1) is 11.9. The maximum absolute atomic E-state index is 5.64. The second-order valence-electron chi connectivity index (χ2n) is 5.57. The van der Waals surface area contributed by atoms with Crippen LogP contribution in [0, 0.1) is 0 Å². The van der Waals surface area contributed by atoms with Crippen LogP contribution in [0.5, 0.6) is 5.75 Å². The van der Waals surface area contributed by atoms with Crippen molar-refractivity contribution < 1.29 is 9.47 Å². The van der Waals surface area contributed by atoms with Gasteiger partial charge in [-0.3, -0.25) is 0 Å². The Labute approximate surface area is 143 Å². The largest absolute Gasteiger partial charge is 0.491 e. The van der Waals surface area contributed by atoms with E-state index < -0.39 is 0 Å². The summed E-state index contributed by atoms with van der Waals surface area (Å²) in [7, 11) is 0. The maximum Gasteiger partial charge on any atom is 0.119 e. The molecule has 3 heteroatoms. The van der Waals surface area contributed by atoms with Gasteiger partial charge in [-0.25, -0.2) is 0 Å². The number of hydrogen-bond acceptors (Lipinski definition) is 3. The predicted molar refractivity (Wildman–Crippen MR) is 99.7 cm³/mol. The van der Waals surface area contributed by atoms with Crippen LogP contribution in [0.25, 0.3) is 10.8 Å². The fourth-order valence-corrected chi connectivity index (χ4v) is 2.64. The fourth-order valence-electron chi connectivity index (χ4n) is 2.64. The summed E-state index contributed by atoms with van der Waals surface area (Å²) in [6, 6.07) is 22.9. The van der Waals surface area contributed by atoms with Crippen LogP contribution in [0.2, 0.25) is 0 Å². The van der Waals surface area contributed by atoms with Gasteiger partial charge in [0.15, 0.2) is 0 Å². The van der Waals surface area contributed by atoms with E-state index in [0.717, 1.165) is 24.6 Å². The van der Waals surface area contributed by atoms with E-state index in [0.29, 0.717) is 13.2 Å². The lowest BCUT2D eigenvalue weighted by Gasteiger charge is -2.11. The zero-order valence-electron chi connectivity index (χ0n) is 14.0. The molecule has 0 aliphatic carbocycles. The lowest BCUT2D eigenvalue weighted by atomic mass is 10.1. The van der Waals surface area contributed by atoms with Gasteiger partial charge < -0.3 is 14.8 Å². The standard InChI is InChI=1S/C21H23NO2/c1-2-23-14-15-24-19-12-10-17(11-13-19)16-22-21-9-5-7-18-6-3-4-8-20(18)21/h3-13,22H,2,14-16H2,1H3. The summed E-state index contributed by atoms with van der Waals surface area (Å²) < 4.78 is 10.9. The zero-order chi connectivity index (χ0) is 16.6. The number of hydrogen-bond donors (Lipinski definition) is 1. The van der Waals surface area contributed by atoms with Crippen molar-refractivity contribution in [2.24, 2.45) is 0 Å². The molecule has 0 bridgehead atoms. The molecule has 0 fully saturated rings. The highest BCUT2D eigenvalue weighted by Gasteiger charge is 2.01. The van der Waals surface area contributed by atoms with Gasteiger partial charge in [0, 0.05) is 24.2 Å². The average molecular weight is 321 g/mol. The molecule has 3 aromatic carbocycles. The Bertz CT molecular complexity index is 763. The average Bonchev–Trinajstić information content (AvgIpc) is 2.64. The highest BCUT2D eigenvalue weighted by atomic mass is 16.5. The van der Waals surface area contributed by atoms with Crippen molar-refractivity contribution in [3.63, 3.8) is 0 Å². The summed E-state index contributed by atoms with van der Waals surface area (Å²) in [5.74, 6) is 0.878. The van der Waals surface area contributed by atoms with Gasteiger partial charge in [-0.2, -0.15) is 0 Å². The van der Waals surface area contributed by atoms with Crippen molar-refractivity contribution in [3.05, 3.63) is 72.3 Å². The van der Waals surface area contributed by atoms with Crippen LogP contribution in [0.3, 0.4) is 0 Å². The van der Waals surface area contributed by atoms with Crippen LogP contribution < -0.4 is 10.1 Å². The number of rotatable bonds is 8. The predicted octanol–water partition coefficient (Wildman–Crippen LogP) is 4.87. The summed E-state index contributed by atoms with van der Waals surface area (Å²) in [5.41, 5.74) is 2.38. The molecule has 0 saturated carbocycles. The third-order valence-electron chi connectivity index (χ3n) is 3.90. The van der Waals surface area contributed by atoms with Gasteiger partial charge in [-0.05, 0) is 36.1 Å². The van der Waals surface area contributed by atoms with Crippen molar-refractivity contribution in [1.29, 1.82) is 0 Å². The van der Waals surface area contributed by atoms with Gasteiger partial charge in [0.1, 0.15) is 12.4 Å². The van der Waals surface area contributed by atoms with Crippen molar-refractivity contribution in [3.8, 4) is 5.75 Å². The van der Waals surface area contributed by atoms with Crippen LogP contribution >= 0.6 is 0 Å². The molecule has 24 heavy (non-hydrogen) atoms. The van der Waals surface area contributed by atoms with Crippen LogP contribution in [0.4, 0.5) is 5.69 Å². The van der Waals surface area contributed by atoms with Crippen molar-refractivity contribution in [2.45, 2.75) is 13.5 Å². The Balaban J connectivity index is 1.58. The molecule has 0 aliphatic heterocycles. The van der Waals surface area contributed by atoms with Crippen molar-refractivity contribution >= 4 is 16.5 Å². The minimum Gasteiger partial charge on any atom is -0.491 e. The summed E-state index contributed by atoms with van der Waals surface area (Å²) in [4.78, 5) is 0. The first-order valence-electron chi connectivity index (χ1n) is 8.38. The molecule has 3 rings (SSSR count). The van der Waals surface area contributed by atoms with Crippen molar-refractivity contribution in [2.75, 3.05) is 25.1 Å². The summed E-state index contributed by atoms with van der Waals surface area (Å²) in [6.07, 6.45) is 0. The molecule has 3 nitrogen and oxygen atoms in total. The fraction of sp³-hybridized carbons (Fsp3) is 0.238. The SMILES string of the molecule is CCOCCOc1ccc(CNc2cccc3ccccc23)cc1. The Morgan fingerprint density at radius 1 is 0.833 bits per heavy atom. The number of ether oxygens (including phenoxy) is 2. The quantitative estimate of drug-likeness (QED) is 0.601. The van der Waals surface area contributed by atoms with Gasteiger partial charge in [0.2, 0.25) is 0 Å². The van der Waals surface area contributed by atoms with Gasteiger partial charge >= 0.3 is 0 Å². The second-order valence-corrected chi connectivity index (χ2v) is 5.57. The zero-order valence-corrected chi connectivity index (χ0v) is 14.0. The molecule has 0 radical (unpaired) electrons. The van der Waals surface area contributed by atoms with E-state index in [1.165, 1.54) is 16.3 Å². The molecule has 0 spiro atoms. The van der Waals surface area contributed by atoms with E-state index in [1.54, 1.807) is 0 Å². The van der Waals surface area contributed by atoms with E-state index in [4.69, 9.17) is 9.47 Å². The van der Waals surface area contributed by atoms with E-state index in [-0.39, 0.29) is 0 Å². The van der Waals surface area contributed by atoms with Crippen LogP contribution in [0.15, 0.2) is 66.7 Å². The van der Waals surface area contributed by atoms with E-state index in [2.05, 4.69) is 59.9 Å². The van der Waals surface area contributed by atoms with Crippen LogP contribution in [0.1, 0.15) is 12.5 Å². The monoisotopic (exact) mass is 321 g/mol. The molecule has 3 aromatic rings. The first-order valence-corrected chi connectivity index (χ1v) is 8.38. The molecule has 0 heterocycles. The molecular weight excluding hydrogens is 298 g/mol. The highest BCUT2D eigenvalue weighted by molar-refractivity contribution is 5.93. The minimum absolute atomic E-state index is 0.585. The van der Waals surface area contributed by atoms with E-state index in [1.807, 2.05) is 19.1 Å². The van der Waals surface area contributed by atoms with Gasteiger partial charge in [0.25, 0.3) is 0 Å². The smallest absolute Gasteiger partial charge is 0.119 e. The summed E-state index contributed by atoms with van der Waals surface area (Å²) in [6.45, 7) is 4.70. The van der Waals surface area contributed by atoms with Gasteiger partial charge in [-0.1, -0.05) is 48.5 Å². The summed E-state index contributed by atoms with van der Waals surface area (Å²) in [5, 5.41) is 6.02. The number of anilines is 1. The molecule has 1 N–H and O–H groups in total. The number of benzene rings is 3. The number of fused-ring (bicyclic) bond motifs is 1. The molecule has 0 amide bonds. The Hall–Kier alpha value is -2.52. The molecule has 124 valence electrons. The normalized spacial score (nSPS) is 10.7. The lowest BCUT2D eigenvalue weighted by Crippen LogP contribution is -2.06.